The van der Waals surface area contributed by atoms with Gasteiger partial charge in [-0.25, -0.2) is 15.0 Å². The molecule has 1 fully saturated rings. The first-order valence-corrected chi connectivity index (χ1v) is 9.43. The van der Waals surface area contributed by atoms with E-state index in [0.717, 1.165) is 46.7 Å². The second kappa shape index (κ2) is 7.41. The summed E-state index contributed by atoms with van der Waals surface area (Å²) in [4.78, 5) is 18.9. The largest absolute Gasteiger partial charge is 0.368 e. The summed E-state index contributed by atoms with van der Waals surface area (Å²) in [6.07, 6.45) is 9.73. The molecule has 0 amide bonds. The molecule has 4 rings (SSSR count). The molecule has 136 valence electrons. The summed E-state index contributed by atoms with van der Waals surface area (Å²) in [5.74, 6) is 1.19. The van der Waals surface area contributed by atoms with Crippen LogP contribution in [0.4, 0.5) is 5.95 Å². The Morgan fingerprint density at radius 1 is 1.27 bits per heavy atom. The van der Waals surface area contributed by atoms with Gasteiger partial charge in [-0.3, -0.25) is 0 Å². The zero-order valence-corrected chi connectivity index (χ0v) is 15.3. The van der Waals surface area contributed by atoms with Gasteiger partial charge in [-0.1, -0.05) is 0 Å². The number of anilines is 1. The number of nitrogens with one attached hydrogen (secondary N) is 1. The Morgan fingerprint density at radius 2 is 2.12 bits per heavy atom. The molecule has 1 aliphatic heterocycles. The third kappa shape index (κ3) is 3.70. The monoisotopic (exact) mass is 350 g/mol. The van der Waals surface area contributed by atoms with Gasteiger partial charge in [0.1, 0.15) is 5.65 Å². The smallest absolute Gasteiger partial charge is 0.220 e. The van der Waals surface area contributed by atoms with Crippen LogP contribution in [0.15, 0.2) is 30.6 Å². The normalized spacial score (nSPS) is 16.3. The Kier molecular flexibility index (Phi) is 4.84. The van der Waals surface area contributed by atoms with E-state index in [2.05, 4.69) is 37.9 Å². The first-order chi connectivity index (χ1) is 12.7. The minimum absolute atomic E-state index is 0.343. The van der Waals surface area contributed by atoms with E-state index >= 15 is 0 Å². The molecule has 0 bridgehead atoms. The van der Waals surface area contributed by atoms with Crippen molar-refractivity contribution in [1.29, 1.82) is 0 Å². The van der Waals surface area contributed by atoms with E-state index in [4.69, 9.17) is 5.73 Å². The predicted octanol–water partition coefficient (Wildman–Crippen LogP) is 3.27. The maximum atomic E-state index is 5.99. The van der Waals surface area contributed by atoms with Crippen molar-refractivity contribution in [3.05, 3.63) is 36.3 Å². The van der Waals surface area contributed by atoms with Crippen molar-refractivity contribution in [3.63, 3.8) is 0 Å². The molecule has 6 heteroatoms. The zero-order valence-electron chi connectivity index (χ0n) is 15.3. The lowest BCUT2D eigenvalue weighted by Gasteiger charge is -2.28. The Bertz CT molecular complexity index is 879. The van der Waals surface area contributed by atoms with Gasteiger partial charge in [-0.05, 0) is 76.4 Å². The van der Waals surface area contributed by atoms with Crippen LogP contribution in [-0.4, -0.2) is 45.0 Å². The molecule has 3 aromatic rings. The van der Waals surface area contributed by atoms with Gasteiger partial charge in [0.2, 0.25) is 5.95 Å². The molecule has 0 aliphatic carbocycles. The van der Waals surface area contributed by atoms with E-state index in [9.17, 15) is 0 Å². The molecule has 0 saturated carbocycles. The molecule has 0 radical (unpaired) electrons. The van der Waals surface area contributed by atoms with Gasteiger partial charge in [0.25, 0.3) is 0 Å². The van der Waals surface area contributed by atoms with Crippen LogP contribution < -0.4 is 5.73 Å². The Balaban J connectivity index is 1.46. The molecule has 0 unspecified atom stereocenters. The fourth-order valence-electron chi connectivity index (χ4n) is 3.87. The maximum Gasteiger partial charge on any atom is 0.220 e. The van der Waals surface area contributed by atoms with Gasteiger partial charge in [0.15, 0.2) is 0 Å². The summed E-state index contributed by atoms with van der Waals surface area (Å²) in [5, 5.41) is 1.06. The molecule has 26 heavy (non-hydrogen) atoms. The van der Waals surface area contributed by atoms with Crippen LogP contribution in [0.25, 0.3) is 22.3 Å². The van der Waals surface area contributed by atoms with Gasteiger partial charge < -0.3 is 15.6 Å². The van der Waals surface area contributed by atoms with Crippen molar-refractivity contribution >= 4 is 17.0 Å². The van der Waals surface area contributed by atoms with Crippen LogP contribution in [0.5, 0.6) is 0 Å². The lowest BCUT2D eigenvalue weighted by Crippen LogP contribution is -2.30. The molecule has 4 heterocycles. The zero-order chi connectivity index (χ0) is 17.9. The van der Waals surface area contributed by atoms with Gasteiger partial charge in [-0.15, -0.1) is 0 Å². The van der Waals surface area contributed by atoms with E-state index in [0.29, 0.717) is 5.95 Å². The number of hydrogen-bond acceptors (Lipinski definition) is 5. The third-order valence-electron chi connectivity index (χ3n) is 5.41. The Hall–Kier alpha value is -2.47. The number of rotatable bonds is 5. The SMILES string of the molecule is CN1CCC(CCCc2cc(-c3c[nH]c4ncccc34)nc(N)n2)CC1. The van der Waals surface area contributed by atoms with Crippen LogP contribution in [0.3, 0.4) is 0 Å². The number of fused-ring (bicyclic) bond motifs is 1. The molecule has 0 aromatic carbocycles. The van der Waals surface area contributed by atoms with Crippen molar-refractivity contribution in [2.75, 3.05) is 25.9 Å². The number of aromatic nitrogens is 4. The molecule has 3 N–H and O–H groups in total. The average Bonchev–Trinajstić information content (AvgIpc) is 3.07. The molecule has 6 nitrogen and oxygen atoms in total. The molecule has 3 aromatic heterocycles. The minimum atomic E-state index is 0.343. The molecule has 1 saturated heterocycles. The number of piperidine rings is 1. The summed E-state index contributed by atoms with van der Waals surface area (Å²) >= 11 is 0. The summed E-state index contributed by atoms with van der Waals surface area (Å²) < 4.78 is 0. The number of aromatic amines is 1. The quantitative estimate of drug-likeness (QED) is 0.738. The van der Waals surface area contributed by atoms with Gasteiger partial charge >= 0.3 is 0 Å². The second-order valence-electron chi connectivity index (χ2n) is 7.34. The Labute approximate surface area is 153 Å². The van der Waals surface area contributed by atoms with Gasteiger partial charge in [0.05, 0.1) is 5.69 Å². The third-order valence-corrected chi connectivity index (χ3v) is 5.41. The van der Waals surface area contributed by atoms with Crippen LogP contribution in [-0.2, 0) is 6.42 Å². The standard InChI is InChI=1S/C20H26N6/c1-26-10-7-14(8-11-26)4-2-5-15-12-18(25-20(21)24-15)17-13-23-19-16(17)6-3-9-22-19/h3,6,9,12-14H,2,4-5,7-8,10-11H2,1H3,(H,22,23)(H2,21,24,25). The average molecular weight is 350 g/mol. The molecular weight excluding hydrogens is 324 g/mol. The first kappa shape index (κ1) is 17.0. The first-order valence-electron chi connectivity index (χ1n) is 9.43. The fraction of sp³-hybridized carbons (Fsp3) is 0.450. The van der Waals surface area contributed by atoms with Crippen molar-refractivity contribution in [1.82, 2.24) is 24.8 Å². The number of nitrogens with zero attached hydrogens (tertiary/aromatic N) is 4. The van der Waals surface area contributed by atoms with Crippen molar-refractivity contribution in [2.45, 2.75) is 32.1 Å². The predicted molar refractivity (Wildman–Crippen MR) is 105 cm³/mol. The summed E-state index contributed by atoms with van der Waals surface area (Å²) in [7, 11) is 2.21. The number of likely N-dealkylation sites (tertiary alicyclic amines) is 1. The minimum Gasteiger partial charge on any atom is -0.368 e. The number of nitrogen functional groups attached to an aromatic ring is 1. The number of aryl methyl sites for hydroxylation is 1. The molecule has 0 spiro atoms. The summed E-state index contributed by atoms with van der Waals surface area (Å²) in [6, 6.07) is 6.06. The number of hydrogen-bond donors (Lipinski definition) is 2. The Morgan fingerprint density at radius 3 is 2.96 bits per heavy atom. The maximum absolute atomic E-state index is 5.99. The summed E-state index contributed by atoms with van der Waals surface area (Å²) in [6.45, 7) is 2.45. The highest BCUT2D eigenvalue weighted by molar-refractivity contribution is 5.92. The van der Waals surface area contributed by atoms with Gasteiger partial charge in [0, 0.05) is 29.0 Å². The van der Waals surface area contributed by atoms with Crippen LogP contribution in [0, 0.1) is 5.92 Å². The van der Waals surface area contributed by atoms with Crippen LogP contribution >= 0.6 is 0 Å². The second-order valence-corrected chi connectivity index (χ2v) is 7.34. The van der Waals surface area contributed by atoms with E-state index in [1.807, 2.05) is 18.3 Å². The van der Waals surface area contributed by atoms with E-state index in [-0.39, 0.29) is 0 Å². The van der Waals surface area contributed by atoms with Crippen LogP contribution in [0.2, 0.25) is 0 Å². The highest BCUT2D eigenvalue weighted by atomic mass is 15.1. The van der Waals surface area contributed by atoms with E-state index < -0.39 is 0 Å². The molecular formula is C20H26N6. The van der Waals surface area contributed by atoms with Crippen molar-refractivity contribution in [3.8, 4) is 11.3 Å². The fourth-order valence-corrected chi connectivity index (χ4v) is 3.87. The highest BCUT2D eigenvalue weighted by Gasteiger charge is 2.16. The molecule has 1 aliphatic rings. The number of pyridine rings is 1. The van der Waals surface area contributed by atoms with Crippen molar-refractivity contribution in [2.24, 2.45) is 5.92 Å². The van der Waals surface area contributed by atoms with E-state index in [1.165, 1.54) is 32.4 Å². The molecule has 0 atom stereocenters. The highest BCUT2D eigenvalue weighted by Crippen LogP contribution is 2.27. The van der Waals surface area contributed by atoms with Crippen molar-refractivity contribution < 1.29 is 0 Å². The van der Waals surface area contributed by atoms with E-state index in [1.54, 1.807) is 6.20 Å². The summed E-state index contributed by atoms with van der Waals surface area (Å²) in [5.41, 5.74) is 9.77. The lowest BCUT2D eigenvalue weighted by molar-refractivity contribution is 0.210. The lowest BCUT2D eigenvalue weighted by atomic mass is 9.91. The topological polar surface area (TPSA) is 83.7 Å². The number of nitrogens with two attached hydrogens (primary N) is 1. The number of H-pyrrole nitrogens is 1. The van der Waals surface area contributed by atoms with Gasteiger partial charge in [-0.2, -0.15) is 0 Å². The van der Waals surface area contributed by atoms with Crippen LogP contribution in [0.1, 0.15) is 31.4 Å².